The molecule has 3 aromatic rings. The van der Waals surface area contributed by atoms with E-state index in [1.165, 1.54) is 32.2 Å². The molecule has 1 aromatic heterocycles. The summed E-state index contributed by atoms with van der Waals surface area (Å²) in [6, 6.07) is 19.7. The number of benzene rings is 2. The number of unbranched alkanes of at least 4 members (excludes halogenated alkanes) is 2. The number of halogens is 1. The quantitative estimate of drug-likeness (QED) is 0.344. The van der Waals surface area contributed by atoms with Crippen molar-refractivity contribution in [2.24, 2.45) is 0 Å². The molecule has 1 saturated heterocycles. The smallest absolute Gasteiger partial charge is 0.258 e. The van der Waals surface area contributed by atoms with Crippen LogP contribution in [-0.2, 0) is 6.54 Å². The van der Waals surface area contributed by atoms with E-state index in [9.17, 15) is 4.79 Å². The van der Waals surface area contributed by atoms with Crippen LogP contribution in [-0.4, -0.2) is 28.1 Å². The molecule has 0 saturated carbocycles. The Bertz CT molecular complexity index is 1080. The number of nitrogens with zero attached hydrogens (tertiary/aromatic N) is 2. The minimum absolute atomic E-state index is 0.107. The van der Waals surface area contributed by atoms with Crippen molar-refractivity contribution in [3.8, 4) is 11.1 Å². The second kappa shape index (κ2) is 10.1. The van der Waals surface area contributed by atoms with Crippen LogP contribution >= 0.6 is 15.9 Å². The van der Waals surface area contributed by atoms with Gasteiger partial charge in [-0.15, -0.1) is 0 Å². The Hall–Kier alpha value is -1.91. The predicted octanol–water partition coefficient (Wildman–Crippen LogP) is 6.86. The molecule has 4 heteroatoms. The third kappa shape index (κ3) is 5.12. The van der Waals surface area contributed by atoms with E-state index in [2.05, 4.69) is 46.8 Å². The summed E-state index contributed by atoms with van der Waals surface area (Å²) >= 11 is 3.54. The number of rotatable bonds is 7. The maximum Gasteiger partial charge on any atom is 0.258 e. The second-order valence-electron chi connectivity index (χ2n) is 9.01. The topological polar surface area (TPSA) is 25.2 Å². The van der Waals surface area contributed by atoms with Crippen LogP contribution in [0.25, 0.3) is 22.0 Å². The van der Waals surface area contributed by atoms with Gasteiger partial charge in [0.2, 0.25) is 0 Å². The van der Waals surface area contributed by atoms with Crippen LogP contribution in [0, 0.1) is 0 Å². The third-order valence-electron chi connectivity index (χ3n) is 6.81. The van der Waals surface area contributed by atoms with Crippen molar-refractivity contribution >= 4 is 26.8 Å². The molecule has 2 heterocycles. The van der Waals surface area contributed by atoms with E-state index in [1.807, 2.05) is 47.0 Å². The minimum atomic E-state index is 0.107. The normalized spacial score (nSPS) is 19.7. The van der Waals surface area contributed by atoms with Gasteiger partial charge in [-0.3, -0.25) is 9.69 Å². The first-order chi connectivity index (χ1) is 15.0. The largest absolute Gasteiger partial charge is 0.308 e. The number of piperidine rings is 1. The lowest BCUT2D eigenvalue weighted by Crippen LogP contribution is -2.44. The lowest BCUT2D eigenvalue weighted by atomic mass is 9.97. The third-order valence-corrected chi connectivity index (χ3v) is 7.31. The molecule has 0 amide bonds. The molecule has 0 aliphatic carbocycles. The zero-order chi connectivity index (χ0) is 21.8. The van der Waals surface area contributed by atoms with Crippen LogP contribution in [0.3, 0.4) is 0 Å². The average molecular weight is 481 g/mol. The molecule has 0 N–H and O–H groups in total. The number of fused-ring (bicyclic) bond motifs is 1. The summed E-state index contributed by atoms with van der Waals surface area (Å²) in [5, 5.41) is 1.12. The number of hydrogen-bond acceptors (Lipinski definition) is 2. The SMILES string of the molecule is CC1CCCC(C)N1CCCCCn1c(=O)c(-c2cccc(Br)c2)cc2ccccc21. The first-order valence-electron chi connectivity index (χ1n) is 11.7. The molecule has 2 unspecified atom stereocenters. The van der Waals surface area contributed by atoms with Gasteiger partial charge >= 0.3 is 0 Å². The van der Waals surface area contributed by atoms with Crippen molar-refractivity contribution in [2.75, 3.05) is 6.54 Å². The van der Waals surface area contributed by atoms with Gasteiger partial charge in [-0.2, -0.15) is 0 Å². The van der Waals surface area contributed by atoms with Gasteiger partial charge in [0.05, 0.1) is 5.52 Å². The van der Waals surface area contributed by atoms with E-state index in [1.54, 1.807) is 0 Å². The second-order valence-corrected chi connectivity index (χ2v) is 9.93. The lowest BCUT2D eigenvalue weighted by molar-refractivity contribution is 0.101. The van der Waals surface area contributed by atoms with Gasteiger partial charge in [-0.1, -0.05) is 59.1 Å². The fraction of sp³-hybridized carbons (Fsp3) is 0.444. The average Bonchev–Trinajstić information content (AvgIpc) is 2.76. The highest BCUT2D eigenvalue weighted by molar-refractivity contribution is 9.10. The lowest BCUT2D eigenvalue weighted by Gasteiger charge is -2.39. The molecule has 0 bridgehead atoms. The Kier molecular flexibility index (Phi) is 7.29. The highest BCUT2D eigenvalue weighted by Crippen LogP contribution is 2.25. The van der Waals surface area contributed by atoms with E-state index >= 15 is 0 Å². The van der Waals surface area contributed by atoms with Gasteiger partial charge in [-0.25, -0.2) is 0 Å². The highest BCUT2D eigenvalue weighted by atomic mass is 79.9. The van der Waals surface area contributed by atoms with Crippen molar-refractivity contribution in [1.82, 2.24) is 9.47 Å². The first kappa shape index (κ1) is 22.3. The van der Waals surface area contributed by atoms with Crippen molar-refractivity contribution < 1.29 is 0 Å². The number of aromatic nitrogens is 1. The van der Waals surface area contributed by atoms with Crippen LogP contribution in [0.2, 0.25) is 0 Å². The van der Waals surface area contributed by atoms with Gasteiger partial charge < -0.3 is 4.57 Å². The number of pyridine rings is 1. The summed E-state index contributed by atoms with van der Waals surface area (Å²) in [7, 11) is 0. The number of para-hydroxylation sites is 1. The molecular formula is C27H33BrN2O. The van der Waals surface area contributed by atoms with Gasteiger partial charge in [0.15, 0.2) is 0 Å². The summed E-state index contributed by atoms with van der Waals surface area (Å²) in [5.41, 5.74) is 2.88. The zero-order valence-corrected chi connectivity index (χ0v) is 20.3. The Balaban J connectivity index is 1.49. The molecule has 164 valence electrons. The Labute approximate surface area is 194 Å². The van der Waals surface area contributed by atoms with Crippen molar-refractivity contribution in [3.63, 3.8) is 0 Å². The number of likely N-dealkylation sites (tertiary alicyclic amines) is 1. The number of aryl methyl sites for hydroxylation is 1. The summed E-state index contributed by atoms with van der Waals surface area (Å²) in [6.07, 6.45) is 7.40. The van der Waals surface area contributed by atoms with Crippen molar-refractivity contribution in [3.05, 3.63) is 69.4 Å². The summed E-state index contributed by atoms with van der Waals surface area (Å²) in [4.78, 5) is 16.1. The van der Waals surface area contributed by atoms with Crippen LogP contribution in [0.15, 0.2) is 63.9 Å². The fourth-order valence-electron chi connectivity index (χ4n) is 5.07. The molecule has 1 aliphatic rings. The number of hydrogen-bond donors (Lipinski definition) is 0. The summed E-state index contributed by atoms with van der Waals surface area (Å²) in [6.45, 7) is 6.69. The predicted molar refractivity (Wildman–Crippen MR) is 135 cm³/mol. The van der Waals surface area contributed by atoms with Crippen LogP contribution in [0.1, 0.15) is 52.4 Å². The Morgan fingerprint density at radius 3 is 2.42 bits per heavy atom. The van der Waals surface area contributed by atoms with Crippen LogP contribution in [0.4, 0.5) is 0 Å². The molecule has 3 nitrogen and oxygen atoms in total. The maximum absolute atomic E-state index is 13.4. The van der Waals surface area contributed by atoms with E-state index in [0.29, 0.717) is 12.1 Å². The molecule has 0 spiro atoms. The summed E-state index contributed by atoms with van der Waals surface area (Å²) in [5.74, 6) is 0. The van der Waals surface area contributed by atoms with Gasteiger partial charge in [0.25, 0.3) is 5.56 Å². The molecule has 1 aliphatic heterocycles. The van der Waals surface area contributed by atoms with Gasteiger partial charge in [0.1, 0.15) is 0 Å². The van der Waals surface area contributed by atoms with Crippen molar-refractivity contribution in [2.45, 2.75) is 71.0 Å². The zero-order valence-electron chi connectivity index (χ0n) is 18.7. The van der Waals surface area contributed by atoms with Gasteiger partial charge in [-0.05, 0) is 81.3 Å². The molecule has 2 aromatic carbocycles. The summed E-state index contributed by atoms with van der Waals surface area (Å²) < 4.78 is 2.97. The Morgan fingerprint density at radius 2 is 1.65 bits per heavy atom. The molecular weight excluding hydrogens is 448 g/mol. The maximum atomic E-state index is 13.4. The minimum Gasteiger partial charge on any atom is -0.308 e. The standard InChI is InChI=1S/C27H33BrN2O/c1-20-10-8-11-21(2)29(20)16-6-3-7-17-30-26-15-5-4-12-23(26)19-25(27(30)31)22-13-9-14-24(28)18-22/h4-5,9,12-15,18-21H,3,6-8,10-11,16-17H2,1-2H3. The monoisotopic (exact) mass is 480 g/mol. The molecule has 0 radical (unpaired) electrons. The Morgan fingerprint density at radius 1 is 0.903 bits per heavy atom. The van der Waals surface area contributed by atoms with E-state index in [-0.39, 0.29) is 5.56 Å². The molecule has 1 fully saturated rings. The molecule has 4 rings (SSSR count). The molecule has 2 atom stereocenters. The van der Waals surface area contributed by atoms with E-state index < -0.39 is 0 Å². The van der Waals surface area contributed by atoms with Crippen LogP contribution in [0.5, 0.6) is 0 Å². The van der Waals surface area contributed by atoms with E-state index in [0.717, 1.165) is 45.9 Å². The molecule has 31 heavy (non-hydrogen) atoms. The van der Waals surface area contributed by atoms with Crippen molar-refractivity contribution in [1.29, 1.82) is 0 Å². The highest BCUT2D eigenvalue weighted by Gasteiger charge is 2.23. The fourth-order valence-corrected chi connectivity index (χ4v) is 5.47. The van der Waals surface area contributed by atoms with Gasteiger partial charge in [0, 0.05) is 28.7 Å². The van der Waals surface area contributed by atoms with Crippen LogP contribution < -0.4 is 5.56 Å². The first-order valence-corrected chi connectivity index (χ1v) is 12.5. The van der Waals surface area contributed by atoms with E-state index in [4.69, 9.17) is 0 Å².